The second-order valence-electron chi connectivity index (χ2n) is 3.47. The minimum atomic E-state index is -3.56. The average Bonchev–Trinajstić information content (AvgIpc) is 2.33. The van der Waals surface area contributed by atoms with Gasteiger partial charge < -0.3 is 5.11 Å². The molecule has 0 aliphatic heterocycles. The van der Waals surface area contributed by atoms with E-state index in [-0.39, 0.29) is 10.6 Å². The average molecular weight is 249 g/mol. The first-order valence-corrected chi connectivity index (χ1v) is 6.43. The number of phenolic OH excluding ortho intramolecular Hbond substituents is 1. The van der Waals surface area contributed by atoms with Crippen LogP contribution in [0.1, 0.15) is 0 Å². The second-order valence-corrected chi connectivity index (χ2v) is 5.15. The summed E-state index contributed by atoms with van der Waals surface area (Å²) in [6.45, 7) is 0. The van der Waals surface area contributed by atoms with Gasteiger partial charge >= 0.3 is 0 Å². The number of nitrogens with one attached hydrogen (secondary N) is 1. The van der Waals surface area contributed by atoms with Gasteiger partial charge in [-0.05, 0) is 36.4 Å². The normalized spacial score (nSPS) is 11.1. The monoisotopic (exact) mass is 249 g/mol. The highest BCUT2D eigenvalue weighted by atomic mass is 32.2. The van der Waals surface area contributed by atoms with E-state index in [1.54, 1.807) is 18.2 Å². The highest BCUT2D eigenvalue weighted by molar-refractivity contribution is 7.92. The quantitative estimate of drug-likeness (QED) is 0.819. The molecule has 2 rings (SSSR count). The number of anilines is 1. The predicted octanol–water partition coefficient (Wildman–Crippen LogP) is 2.19. The number of phenols is 1. The number of hydrogen-bond acceptors (Lipinski definition) is 3. The van der Waals surface area contributed by atoms with Crippen molar-refractivity contribution < 1.29 is 13.5 Å². The number of aromatic hydroxyl groups is 1. The molecule has 5 heteroatoms. The van der Waals surface area contributed by atoms with Gasteiger partial charge in [0.1, 0.15) is 5.75 Å². The van der Waals surface area contributed by atoms with Crippen LogP contribution in [-0.4, -0.2) is 13.5 Å². The van der Waals surface area contributed by atoms with Crippen molar-refractivity contribution in [3.8, 4) is 5.75 Å². The summed E-state index contributed by atoms with van der Waals surface area (Å²) in [5.41, 5.74) is 0.409. The topological polar surface area (TPSA) is 66.4 Å². The van der Waals surface area contributed by atoms with Gasteiger partial charge in [-0.3, -0.25) is 4.72 Å². The van der Waals surface area contributed by atoms with E-state index in [4.69, 9.17) is 5.11 Å². The van der Waals surface area contributed by atoms with Crippen LogP contribution in [0.3, 0.4) is 0 Å². The van der Waals surface area contributed by atoms with Gasteiger partial charge in [0, 0.05) is 5.69 Å². The van der Waals surface area contributed by atoms with Crippen LogP contribution in [0.15, 0.2) is 59.5 Å². The lowest BCUT2D eigenvalue weighted by atomic mass is 10.3. The van der Waals surface area contributed by atoms with Gasteiger partial charge in [-0.25, -0.2) is 8.42 Å². The van der Waals surface area contributed by atoms with Crippen LogP contribution in [0.25, 0.3) is 0 Å². The zero-order valence-corrected chi connectivity index (χ0v) is 9.68. The van der Waals surface area contributed by atoms with Crippen LogP contribution in [-0.2, 0) is 10.0 Å². The lowest BCUT2D eigenvalue weighted by Crippen LogP contribution is -2.12. The molecule has 0 fully saturated rings. The van der Waals surface area contributed by atoms with Crippen molar-refractivity contribution in [3.63, 3.8) is 0 Å². The Bertz CT molecular complexity index is 591. The fourth-order valence-electron chi connectivity index (χ4n) is 1.34. The number of benzene rings is 2. The molecule has 0 saturated carbocycles. The van der Waals surface area contributed by atoms with Crippen molar-refractivity contribution in [2.75, 3.05) is 4.72 Å². The molecule has 88 valence electrons. The zero-order chi connectivity index (χ0) is 12.3. The number of hydrogen-bond donors (Lipinski definition) is 2. The summed E-state index contributed by atoms with van der Waals surface area (Å²) in [7, 11) is -3.56. The van der Waals surface area contributed by atoms with Crippen molar-refractivity contribution in [1.82, 2.24) is 0 Å². The molecular formula is C12H11NO3S. The fourth-order valence-corrected chi connectivity index (χ4v) is 2.42. The Morgan fingerprint density at radius 3 is 2.06 bits per heavy atom. The molecule has 0 saturated heterocycles. The number of sulfonamides is 1. The molecule has 0 unspecified atom stereocenters. The van der Waals surface area contributed by atoms with Crippen LogP contribution >= 0.6 is 0 Å². The van der Waals surface area contributed by atoms with Crippen molar-refractivity contribution in [2.24, 2.45) is 0 Å². The van der Waals surface area contributed by atoms with Crippen molar-refractivity contribution in [1.29, 1.82) is 0 Å². The van der Waals surface area contributed by atoms with Gasteiger partial charge in [0.15, 0.2) is 0 Å². The van der Waals surface area contributed by atoms with Gasteiger partial charge in [-0.1, -0.05) is 18.2 Å². The maximum absolute atomic E-state index is 11.9. The van der Waals surface area contributed by atoms with Crippen LogP contribution in [0, 0.1) is 0 Å². The van der Waals surface area contributed by atoms with E-state index in [0.29, 0.717) is 5.69 Å². The molecule has 0 aromatic heterocycles. The zero-order valence-electron chi connectivity index (χ0n) is 8.87. The smallest absolute Gasteiger partial charge is 0.261 e. The molecular weight excluding hydrogens is 238 g/mol. The van der Waals surface area contributed by atoms with Crippen molar-refractivity contribution in [3.05, 3.63) is 54.6 Å². The molecule has 4 nitrogen and oxygen atoms in total. The Hall–Kier alpha value is -2.01. The maximum atomic E-state index is 11.9. The Morgan fingerprint density at radius 1 is 0.882 bits per heavy atom. The highest BCUT2D eigenvalue weighted by Crippen LogP contribution is 2.18. The van der Waals surface area contributed by atoms with E-state index >= 15 is 0 Å². The van der Waals surface area contributed by atoms with Gasteiger partial charge in [-0.2, -0.15) is 0 Å². The van der Waals surface area contributed by atoms with Gasteiger partial charge in [0.25, 0.3) is 10.0 Å². The Balaban J connectivity index is 2.27. The molecule has 0 spiro atoms. The summed E-state index contributed by atoms with van der Waals surface area (Å²) in [5.74, 6) is 0.0904. The third-order valence-electron chi connectivity index (χ3n) is 2.17. The fraction of sp³-hybridized carbons (Fsp3) is 0. The van der Waals surface area contributed by atoms with E-state index in [0.717, 1.165) is 0 Å². The summed E-state index contributed by atoms with van der Waals surface area (Å²) in [5, 5.41) is 9.09. The van der Waals surface area contributed by atoms with Gasteiger partial charge in [-0.15, -0.1) is 0 Å². The molecule has 0 aliphatic carbocycles. The first-order valence-electron chi connectivity index (χ1n) is 4.95. The summed E-state index contributed by atoms with van der Waals surface area (Å²) < 4.78 is 26.2. The summed E-state index contributed by atoms with van der Waals surface area (Å²) in [6.07, 6.45) is 0. The summed E-state index contributed by atoms with van der Waals surface area (Å²) >= 11 is 0. The molecule has 0 bridgehead atoms. The molecule has 2 N–H and O–H groups in total. The molecule has 17 heavy (non-hydrogen) atoms. The molecule has 0 radical (unpaired) electrons. The first kappa shape index (κ1) is 11.5. The van der Waals surface area contributed by atoms with Crippen LogP contribution in [0.5, 0.6) is 5.75 Å². The molecule has 0 amide bonds. The molecule has 0 aliphatic rings. The largest absolute Gasteiger partial charge is 0.508 e. The minimum absolute atomic E-state index is 0.0904. The molecule has 2 aromatic carbocycles. The molecule has 0 atom stereocenters. The van der Waals surface area contributed by atoms with E-state index in [9.17, 15) is 8.42 Å². The Labute approximate surface area is 99.6 Å². The highest BCUT2D eigenvalue weighted by Gasteiger charge is 2.12. The first-order chi connectivity index (χ1) is 8.08. The van der Waals surface area contributed by atoms with Crippen molar-refractivity contribution >= 4 is 15.7 Å². The standard InChI is InChI=1S/C12H11NO3S/c14-11-8-6-10(7-9-11)13-17(15,16)12-4-2-1-3-5-12/h1-9,13-14H. The van der Waals surface area contributed by atoms with Crippen LogP contribution in [0.2, 0.25) is 0 Å². The third-order valence-corrected chi connectivity index (χ3v) is 3.57. The second kappa shape index (κ2) is 4.47. The molecule has 0 heterocycles. The van der Waals surface area contributed by atoms with Crippen molar-refractivity contribution in [2.45, 2.75) is 4.90 Å². The van der Waals surface area contributed by atoms with Gasteiger partial charge in [0.05, 0.1) is 4.90 Å². The lowest BCUT2D eigenvalue weighted by Gasteiger charge is -2.07. The lowest BCUT2D eigenvalue weighted by molar-refractivity contribution is 0.475. The van der Waals surface area contributed by atoms with E-state index in [1.165, 1.54) is 36.4 Å². The van der Waals surface area contributed by atoms with E-state index < -0.39 is 10.0 Å². The number of rotatable bonds is 3. The Kier molecular flexibility index (Phi) is 3.01. The van der Waals surface area contributed by atoms with E-state index in [2.05, 4.69) is 4.72 Å². The maximum Gasteiger partial charge on any atom is 0.261 e. The third kappa shape index (κ3) is 2.76. The Morgan fingerprint density at radius 2 is 1.47 bits per heavy atom. The predicted molar refractivity (Wildman–Crippen MR) is 65.4 cm³/mol. The van der Waals surface area contributed by atoms with E-state index in [1.807, 2.05) is 0 Å². The SMILES string of the molecule is O=S(=O)(Nc1ccc(O)cc1)c1ccccc1. The van der Waals surface area contributed by atoms with Gasteiger partial charge in [0.2, 0.25) is 0 Å². The minimum Gasteiger partial charge on any atom is -0.508 e. The summed E-state index contributed by atoms with van der Waals surface area (Å²) in [6, 6.07) is 13.9. The molecule has 2 aromatic rings. The van der Waals surface area contributed by atoms with Crippen LogP contribution < -0.4 is 4.72 Å². The summed E-state index contributed by atoms with van der Waals surface area (Å²) in [4.78, 5) is 0.202. The van der Waals surface area contributed by atoms with Crippen LogP contribution in [0.4, 0.5) is 5.69 Å².